The third-order valence-electron chi connectivity index (χ3n) is 4.77. The van der Waals surface area contributed by atoms with Crippen LogP contribution in [0.5, 0.6) is 23.0 Å². The Morgan fingerprint density at radius 2 is 1.38 bits per heavy atom. The van der Waals surface area contributed by atoms with E-state index in [2.05, 4.69) is 0 Å². The molecule has 0 aliphatic rings. The lowest BCUT2D eigenvalue weighted by molar-refractivity contribution is 0.0733. The third-order valence-corrected chi connectivity index (χ3v) is 4.77. The normalized spacial score (nSPS) is 10.6. The van der Waals surface area contributed by atoms with E-state index >= 15 is 0 Å². The van der Waals surface area contributed by atoms with E-state index < -0.39 is 5.97 Å². The van der Waals surface area contributed by atoms with E-state index in [1.807, 2.05) is 19.1 Å². The molecule has 164 valence electrons. The number of carbonyl (C=O) groups excluding carboxylic acids is 2. The molecule has 0 N–H and O–H groups in total. The summed E-state index contributed by atoms with van der Waals surface area (Å²) in [6, 6.07) is 17.3. The molecule has 0 amide bonds. The Labute approximate surface area is 187 Å². The van der Waals surface area contributed by atoms with Crippen LogP contribution in [-0.2, 0) is 0 Å². The number of ketones is 1. The van der Waals surface area contributed by atoms with Crippen molar-refractivity contribution in [2.24, 2.45) is 0 Å². The smallest absolute Gasteiger partial charge is 0.343 e. The Bertz CT molecular complexity index is 1120. The first-order valence-electron chi connectivity index (χ1n) is 9.87. The van der Waals surface area contributed by atoms with E-state index in [1.54, 1.807) is 42.5 Å². The van der Waals surface area contributed by atoms with Gasteiger partial charge < -0.3 is 18.9 Å². The molecule has 0 aromatic heterocycles. The lowest BCUT2D eigenvalue weighted by Gasteiger charge is -2.14. The van der Waals surface area contributed by atoms with Crippen molar-refractivity contribution in [3.63, 3.8) is 0 Å². The highest BCUT2D eigenvalue weighted by molar-refractivity contribution is 6.07. The standard InChI is InChI=1S/C26H24O6/c1-17-9-11-18(12-10-17)21(27)14-13-19-7-5-6-8-22(19)32-26(28)20-15-23(29-2)25(31-4)24(16-20)30-3/h5-16H,1-4H3. The molecule has 0 bridgehead atoms. The van der Waals surface area contributed by atoms with Crippen LogP contribution >= 0.6 is 0 Å². The zero-order chi connectivity index (χ0) is 23.1. The van der Waals surface area contributed by atoms with E-state index in [9.17, 15) is 9.59 Å². The van der Waals surface area contributed by atoms with Gasteiger partial charge in [-0.05, 0) is 37.3 Å². The maximum absolute atomic E-state index is 12.8. The lowest BCUT2D eigenvalue weighted by Crippen LogP contribution is -2.10. The fourth-order valence-corrected chi connectivity index (χ4v) is 3.05. The van der Waals surface area contributed by atoms with Crippen LogP contribution in [0.4, 0.5) is 0 Å². The summed E-state index contributed by atoms with van der Waals surface area (Å²) in [4.78, 5) is 25.3. The predicted octanol–water partition coefficient (Wildman–Crippen LogP) is 5.14. The van der Waals surface area contributed by atoms with Gasteiger partial charge in [0.15, 0.2) is 17.3 Å². The van der Waals surface area contributed by atoms with E-state index in [1.165, 1.54) is 39.5 Å². The molecular weight excluding hydrogens is 408 g/mol. The highest BCUT2D eigenvalue weighted by atomic mass is 16.5. The molecule has 0 atom stereocenters. The summed E-state index contributed by atoms with van der Waals surface area (Å²) < 4.78 is 21.5. The summed E-state index contributed by atoms with van der Waals surface area (Å²) in [5.41, 5.74) is 2.48. The summed E-state index contributed by atoms with van der Waals surface area (Å²) in [6.07, 6.45) is 3.08. The number of esters is 1. The summed E-state index contributed by atoms with van der Waals surface area (Å²) in [5.74, 6) is 0.640. The average molecular weight is 432 g/mol. The van der Waals surface area contributed by atoms with Gasteiger partial charge in [0.2, 0.25) is 5.75 Å². The Hall–Kier alpha value is -4.06. The molecule has 3 aromatic rings. The molecular formula is C26H24O6. The fraction of sp³-hybridized carbons (Fsp3) is 0.154. The summed E-state index contributed by atoms with van der Waals surface area (Å²) in [7, 11) is 4.42. The van der Waals surface area contributed by atoms with Gasteiger partial charge in [0.25, 0.3) is 0 Å². The molecule has 0 saturated carbocycles. The van der Waals surface area contributed by atoms with Gasteiger partial charge in [-0.25, -0.2) is 4.79 Å². The first kappa shape index (κ1) is 22.6. The largest absolute Gasteiger partial charge is 0.493 e. The second-order valence-corrected chi connectivity index (χ2v) is 6.90. The van der Waals surface area contributed by atoms with Crippen molar-refractivity contribution in [3.8, 4) is 23.0 Å². The molecule has 0 spiro atoms. The van der Waals surface area contributed by atoms with Crippen LogP contribution in [-0.4, -0.2) is 33.1 Å². The molecule has 32 heavy (non-hydrogen) atoms. The van der Waals surface area contributed by atoms with Gasteiger partial charge in [-0.3, -0.25) is 4.79 Å². The molecule has 0 aliphatic heterocycles. The van der Waals surface area contributed by atoms with E-state index in [4.69, 9.17) is 18.9 Å². The summed E-state index contributed by atoms with van der Waals surface area (Å²) in [6.45, 7) is 1.96. The second-order valence-electron chi connectivity index (χ2n) is 6.90. The van der Waals surface area contributed by atoms with Crippen LogP contribution in [0.1, 0.15) is 31.8 Å². The Balaban J connectivity index is 1.84. The van der Waals surface area contributed by atoms with Gasteiger partial charge in [-0.15, -0.1) is 0 Å². The van der Waals surface area contributed by atoms with Gasteiger partial charge in [0, 0.05) is 11.1 Å². The monoisotopic (exact) mass is 432 g/mol. The van der Waals surface area contributed by atoms with Crippen LogP contribution in [0, 0.1) is 6.92 Å². The second kappa shape index (κ2) is 10.3. The topological polar surface area (TPSA) is 71.1 Å². The molecule has 6 nitrogen and oxygen atoms in total. The fourth-order valence-electron chi connectivity index (χ4n) is 3.05. The van der Waals surface area contributed by atoms with Crippen molar-refractivity contribution in [2.75, 3.05) is 21.3 Å². The van der Waals surface area contributed by atoms with E-state index in [0.717, 1.165) is 5.56 Å². The first-order chi connectivity index (χ1) is 15.5. The highest BCUT2D eigenvalue weighted by Crippen LogP contribution is 2.38. The molecule has 0 aliphatic carbocycles. The number of hydrogen-bond acceptors (Lipinski definition) is 6. The van der Waals surface area contributed by atoms with Crippen LogP contribution in [0.2, 0.25) is 0 Å². The lowest BCUT2D eigenvalue weighted by atomic mass is 10.1. The van der Waals surface area contributed by atoms with Crippen LogP contribution in [0.15, 0.2) is 66.7 Å². The number of aryl methyl sites for hydroxylation is 1. The van der Waals surface area contributed by atoms with Crippen LogP contribution in [0.3, 0.4) is 0 Å². The van der Waals surface area contributed by atoms with Crippen molar-refractivity contribution >= 4 is 17.8 Å². The van der Waals surface area contributed by atoms with Crippen LogP contribution < -0.4 is 18.9 Å². The number of methoxy groups -OCH3 is 3. The average Bonchev–Trinajstić information content (AvgIpc) is 2.82. The Morgan fingerprint density at radius 3 is 1.97 bits per heavy atom. The molecule has 0 saturated heterocycles. The van der Waals surface area contributed by atoms with Crippen molar-refractivity contribution in [3.05, 3.63) is 89.0 Å². The number of allylic oxidation sites excluding steroid dienone is 1. The van der Waals surface area contributed by atoms with Crippen molar-refractivity contribution in [1.82, 2.24) is 0 Å². The van der Waals surface area contributed by atoms with Gasteiger partial charge >= 0.3 is 5.97 Å². The van der Waals surface area contributed by atoms with Crippen molar-refractivity contribution < 1.29 is 28.5 Å². The van der Waals surface area contributed by atoms with E-state index in [0.29, 0.717) is 34.1 Å². The molecule has 0 heterocycles. The van der Waals surface area contributed by atoms with Gasteiger partial charge in [-0.2, -0.15) is 0 Å². The highest BCUT2D eigenvalue weighted by Gasteiger charge is 2.19. The minimum Gasteiger partial charge on any atom is -0.493 e. The number of ether oxygens (including phenoxy) is 4. The number of hydrogen-bond donors (Lipinski definition) is 0. The molecule has 0 radical (unpaired) electrons. The number of rotatable bonds is 8. The van der Waals surface area contributed by atoms with Gasteiger partial charge in [0.05, 0.1) is 26.9 Å². The summed E-state index contributed by atoms with van der Waals surface area (Å²) >= 11 is 0. The third kappa shape index (κ3) is 5.16. The zero-order valence-corrected chi connectivity index (χ0v) is 18.4. The predicted molar refractivity (Wildman–Crippen MR) is 122 cm³/mol. The maximum Gasteiger partial charge on any atom is 0.343 e. The number of benzene rings is 3. The SMILES string of the molecule is COc1cc(C(=O)Oc2ccccc2C=CC(=O)c2ccc(C)cc2)cc(OC)c1OC. The molecule has 0 unspecified atom stereocenters. The van der Waals surface area contributed by atoms with Crippen molar-refractivity contribution in [1.29, 1.82) is 0 Å². The number of para-hydroxylation sites is 1. The van der Waals surface area contributed by atoms with Crippen LogP contribution in [0.25, 0.3) is 6.08 Å². The first-order valence-corrected chi connectivity index (χ1v) is 9.87. The minimum absolute atomic E-state index is 0.143. The summed E-state index contributed by atoms with van der Waals surface area (Å²) in [5, 5.41) is 0. The Kier molecular flexibility index (Phi) is 7.29. The minimum atomic E-state index is -0.602. The van der Waals surface area contributed by atoms with Crippen molar-refractivity contribution in [2.45, 2.75) is 6.92 Å². The zero-order valence-electron chi connectivity index (χ0n) is 18.4. The quantitative estimate of drug-likeness (QED) is 0.213. The molecule has 3 rings (SSSR count). The van der Waals surface area contributed by atoms with E-state index in [-0.39, 0.29) is 11.3 Å². The molecule has 6 heteroatoms. The maximum atomic E-state index is 12.8. The van der Waals surface area contributed by atoms with Gasteiger partial charge in [0.1, 0.15) is 5.75 Å². The molecule has 3 aromatic carbocycles. The molecule has 0 fully saturated rings. The van der Waals surface area contributed by atoms with Gasteiger partial charge in [-0.1, -0.05) is 48.0 Å². The Morgan fingerprint density at radius 1 is 0.750 bits per heavy atom. The number of carbonyl (C=O) groups is 2.